The van der Waals surface area contributed by atoms with Crippen LogP contribution in [-0.2, 0) is 48.5 Å². The van der Waals surface area contributed by atoms with Crippen molar-refractivity contribution >= 4 is 20.0 Å². The predicted molar refractivity (Wildman–Crippen MR) is 198 cm³/mol. The fourth-order valence-electron chi connectivity index (χ4n) is 5.65. The second-order valence-corrected chi connectivity index (χ2v) is 16.7. The van der Waals surface area contributed by atoms with Crippen molar-refractivity contribution in [2.75, 3.05) is 145 Å². The van der Waals surface area contributed by atoms with Crippen LogP contribution in [0.25, 0.3) is 0 Å². The molecule has 52 heavy (non-hydrogen) atoms. The first-order valence-corrected chi connectivity index (χ1v) is 21.1. The molecule has 0 unspecified atom stereocenters. The quantitative estimate of drug-likeness (QED) is 0.419. The molecule has 2 aliphatic rings. The van der Waals surface area contributed by atoms with Crippen LogP contribution in [-0.4, -0.2) is 180 Å². The average Bonchev–Trinajstić information content (AvgIpc) is 3.12. The summed E-state index contributed by atoms with van der Waals surface area (Å²) in [6.07, 6.45) is 0. The summed E-state index contributed by atoms with van der Waals surface area (Å²) < 4.78 is 92.9. The molecule has 14 nitrogen and oxygen atoms in total. The van der Waals surface area contributed by atoms with Crippen molar-refractivity contribution < 1.29 is 45.3 Å². The van der Waals surface area contributed by atoms with Gasteiger partial charge in [0.05, 0.1) is 89.1 Å². The van der Waals surface area contributed by atoms with Gasteiger partial charge in [-0.05, 0) is 38.1 Å². The van der Waals surface area contributed by atoms with Crippen molar-refractivity contribution in [1.29, 1.82) is 0 Å². The van der Waals surface area contributed by atoms with E-state index in [4.69, 9.17) is 28.4 Å². The third-order valence-corrected chi connectivity index (χ3v) is 12.8. The molecule has 294 valence electrons. The Bertz CT molecular complexity index is 1360. The first-order chi connectivity index (χ1) is 25.2. The Labute approximate surface area is 310 Å². The summed E-state index contributed by atoms with van der Waals surface area (Å²) in [6, 6.07) is 13.7. The zero-order valence-corrected chi connectivity index (χ0v) is 32.5. The summed E-state index contributed by atoms with van der Waals surface area (Å²) in [6.45, 7) is 12.6. The highest BCUT2D eigenvalue weighted by Crippen LogP contribution is 2.18. The molecule has 0 spiro atoms. The largest absolute Gasteiger partial charge is 0.379 e. The predicted octanol–water partition coefficient (Wildman–Crippen LogP) is 1.72. The maximum Gasteiger partial charge on any atom is 0.243 e. The Morgan fingerprint density at radius 1 is 0.365 bits per heavy atom. The molecule has 2 bridgehead atoms. The Hall–Kier alpha value is -2.06. The van der Waals surface area contributed by atoms with Crippen molar-refractivity contribution in [3.63, 3.8) is 0 Å². The molecule has 0 N–H and O–H groups in total. The van der Waals surface area contributed by atoms with Gasteiger partial charge in [0, 0.05) is 65.4 Å². The first kappa shape index (κ1) is 42.7. The summed E-state index contributed by atoms with van der Waals surface area (Å²) >= 11 is 0. The molecule has 0 atom stereocenters. The van der Waals surface area contributed by atoms with E-state index in [9.17, 15) is 16.8 Å². The molecule has 0 saturated carbocycles. The molecule has 4 rings (SSSR count). The number of fused-ring (bicyclic) bond motifs is 9. The second kappa shape index (κ2) is 23.0. The first-order valence-electron chi connectivity index (χ1n) is 18.2. The SMILES string of the molecule is Cc1ccc(S(=O)(=O)N2CCOCCN3CCOCCOCCN(CCOCC2)CCOCCN(S(=O)(=O)c2ccc(C)cc2)CCOCC3)cc1. The van der Waals surface area contributed by atoms with Crippen LogP contribution in [0.2, 0.25) is 0 Å². The Kier molecular flexibility index (Phi) is 18.9. The lowest BCUT2D eigenvalue weighted by Crippen LogP contribution is -2.39. The monoisotopic (exact) mass is 770 g/mol. The summed E-state index contributed by atoms with van der Waals surface area (Å²) in [5, 5.41) is 0. The van der Waals surface area contributed by atoms with Crippen LogP contribution in [0.1, 0.15) is 11.1 Å². The van der Waals surface area contributed by atoms with Gasteiger partial charge in [0.2, 0.25) is 20.0 Å². The van der Waals surface area contributed by atoms with Crippen LogP contribution in [0, 0.1) is 13.8 Å². The van der Waals surface area contributed by atoms with Crippen LogP contribution in [0.3, 0.4) is 0 Å². The van der Waals surface area contributed by atoms with Crippen molar-refractivity contribution in [1.82, 2.24) is 18.4 Å². The number of hydrogen-bond acceptors (Lipinski definition) is 12. The van der Waals surface area contributed by atoms with Gasteiger partial charge in [-0.3, -0.25) is 9.80 Å². The molecule has 2 aromatic rings. The van der Waals surface area contributed by atoms with E-state index in [1.165, 1.54) is 8.61 Å². The lowest BCUT2D eigenvalue weighted by Gasteiger charge is -2.25. The number of ether oxygens (including phenoxy) is 6. The van der Waals surface area contributed by atoms with Crippen LogP contribution >= 0.6 is 0 Å². The lowest BCUT2D eigenvalue weighted by atomic mass is 10.2. The molecular weight excluding hydrogens is 713 g/mol. The molecule has 2 aliphatic heterocycles. The summed E-state index contributed by atoms with van der Waals surface area (Å²) in [5.74, 6) is 0. The topological polar surface area (TPSA) is 137 Å². The van der Waals surface area contributed by atoms with Crippen molar-refractivity contribution in [2.45, 2.75) is 23.6 Å². The number of benzene rings is 2. The smallest absolute Gasteiger partial charge is 0.243 e. The van der Waals surface area contributed by atoms with Gasteiger partial charge >= 0.3 is 0 Å². The minimum atomic E-state index is -3.75. The van der Waals surface area contributed by atoms with E-state index < -0.39 is 20.0 Å². The minimum Gasteiger partial charge on any atom is -0.379 e. The molecule has 2 aromatic carbocycles. The summed E-state index contributed by atoms with van der Waals surface area (Å²) in [7, 11) is -7.51. The molecular formula is C36H58N4O10S2. The third kappa shape index (κ3) is 14.6. The van der Waals surface area contributed by atoms with E-state index in [-0.39, 0.29) is 62.4 Å². The van der Waals surface area contributed by atoms with Crippen molar-refractivity contribution in [3.05, 3.63) is 59.7 Å². The molecule has 2 saturated heterocycles. The van der Waals surface area contributed by atoms with E-state index in [0.29, 0.717) is 92.1 Å². The minimum absolute atomic E-state index is 0.189. The summed E-state index contributed by atoms with van der Waals surface area (Å²) in [4.78, 5) is 4.80. The van der Waals surface area contributed by atoms with Crippen molar-refractivity contribution in [3.8, 4) is 0 Å². The van der Waals surface area contributed by atoms with Gasteiger partial charge in [-0.25, -0.2) is 16.8 Å². The average molecular weight is 771 g/mol. The normalized spacial score (nSPS) is 23.9. The van der Waals surface area contributed by atoms with Gasteiger partial charge in [0.15, 0.2) is 0 Å². The second-order valence-electron chi connectivity index (χ2n) is 12.8. The van der Waals surface area contributed by atoms with E-state index >= 15 is 0 Å². The molecule has 0 radical (unpaired) electrons. The van der Waals surface area contributed by atoms with Gasteiger partial charge in [0.25, 0.3) is 0 Å². The van der Waals surface area contributed by atoms with Crippen LogP contribution in [0.4, 0.5) is 0 Å². The third-order valence-electron chi connectivity index (χ3n) is 8.94. The van der Waals surface area contributed by atoms with Crippen LogP contribution < -0.4 is 0 Å². The highest BCUT2D eigenvalue weighted by Gasteiger charge is 2.26. The van der Waals surface area contributed by atoms with Gasteiger partial charge in [-0.15, -0.1) is 0 Å². The van der Waals surface area contributed by atoms with Crippen LogP contribution in [0.5, 0.6) is 0 Å². The number of hydrogen-bond donors (Lipinski definition) is 0. The van der Waals surface area contributed by atoms with Gasteiger partial charge < -0.3 is 28.4 Å². The molecule has 2 fully saturated rings. The molecule has 16 heteroatoms. The number of aryl methyl sites for hydroxylation is 2. The van der Waals surface area contributed by atoms with Gasteiger partial charge in [0.1, 0.15) is 0 Å². The zero-order chi connectivity index (χ0) is 37.1. The maximum atomic E-state index is 13.6. The Balaban J connectivity index is 1.46. The van der Waals surface area contributed by atoms with E-state index in [1.807, 2.05) is 13.8 Å². The number of sulfonamides is 2. The molecule has 0 amide bonds. The van der Waals surface area contributed by atoms with E-state index in [2.05, 4.69) is 9.80 Å². The fourth-order valence-corrected chi connectivity index (χ4v) is 8.47. The van der Waals surface area contributed by atoms with Gasteiger partial charge in [-0.1, -0.05) is 35.4 Å². The maximum absolute atomic E-state index is 13.6. The molecule has 0 aliphatic carbocycles. The van der Waals surface area contributed by atoms with Gasteiger partial charge in [-0.2, -0.15) is 8.61 Å². The zero-order valence-electron chi connectivity index (χ0n) is 30.9. The molecule has 2 heterocycles. The standard InChI is InChI=1S/C36H58N4O10S2/c1-33-3-7-35(8-4-33)51(41,42)39-17-27-45-21-11-37-13-23-47-29-19-40(52(43,44)36-9-5-34(2)6-10-36)20-30-48-24-14-38(12-22-46-28-18-39)16-26-50-32-31-49-25-15-37/h3-10H,11-32H2,1-2H3. The highest BCUT2D eigenvalue weighted by molar-refractivity contribution is 7.89. The van der Waals surface area contributed by atoms with E-state index in [0.717, 1.165) is 11.1 Å². The Morgan fingerprint density at radius 3 is 0.865 bits per heavy atom. The highest BCUT2D eigenvalue weighted by atomic mass is 32.2. The van der Waals surface area contributed by atoms with Crippen LogP contribution in [0.15, 0.2) is 58.3 Å². The number of rotatable bonds is 4. The van der Waals surface area contributed by atoms with Crippen molar-refractivity contribution in [2.24, 2.45) is 0 Å². The Morgan fingerprint density at radius 2 is 0.596 bits per heavy atom. The fraction of sp³-hybridized carbons (Fsp3) is 0.667. The van der Waals surface area contributed by atoms with E-state index in [1.54, 1.807) is 48.5 Å². The molecule has 0 aromatic heterocycles. The summed E-state index contributed by atoms with van der Waals surface area (Å²) in [5.41, 5.74) is 1.97. The number of nitrogens with zero attached hydrogens (tertiary/aromatic N) is 4. The lowest BCUT2D eigenvalue weighted by molar-refractivity contribution is 0.0183.